The minimum absolute atomic E-state index is 0.00356. The number of rotatable bonds is 67. The maximum Gasteiger partial charge on any atom is 0.303 e. The van der Waals surface area contributed by atoms with E-state index in [-0.39, 0.29) is 143 Å². The van der Waals surface area contributed by atoms with E-state index in [4.69, 9.17) is 71.1 Å². The lowest BCUT2D eigenvalue weighted by Gasteiger charge is -2.44. The van der Waals surface area contributed by atoms with Crippen molar-refractivity contribution in [2.24, 2.45) is 17.3 Å². The molecule has 9 N–H and O–H groups in total. The summed E-state index contributed by atoms with van der Waals surface area (Å²) in [4.78, 5) is 255. The fourth-order valence-electron chi connectivity index (χ4n) is 16.7. The van der Waals surface area contributed by atoms with Gasteiger partial charge < -0.3 is 124 Å². The average Bonchev–Trinajstić information content (AvgIpc) is 0.795. The highest BCUT2D eigenvalue weighted by molar-refractivity contribution is 5.81. The molecule has 4 saturated heterocycles. The summed E-state index contributed by atoms with van der Waals surface area (Å²) in [6.45, 7) is 19.0. The SMILES string of the molecule is CC(=O)NC1C(OCCCCC(=O)NCCCCCC(=O)NCC(CCC(=O)NCCCCCC(=O)C(C)C)(CNC(=O)CCCCCNC(=O)CCCCOC2OC(COC(C)=O)C(OC(C)=O)C(OC(C)=O)C2NC(C)=O)CC2CCN(C(=O)CCCCCNC(=O)CCCCOC3OC(COC(C)=O)C(OC(C)=O)C(OC(C)=O)C3NC(C)=O)CC2)OC(COC(C)=O)C(OC(C)=O)C1OC(C)=O. The van der Waals surface area contributed by atoms with Crippen molar-refractivity contribution in [3.63, 3.8) is 0 Å². The highest BCUT2D eigenvalue weighted by Crippen LogP contribution is 2.38. The molecule has 0 spiro atoms. The van der Waals surface area contributed by atoms with Crippen molar-refractivity contribution in [2.75, 3.05) is 92.0 Å². The molecule has 45 heteroatoms. The predicted octanol–water partition coefficient (Wildman–Crippen LogP) is 4.07. The number of piperidine rings is 1. The quantitative estimate of drug-likeness (QED) is 0.0235. The number of hydrogen-bond acceptors (Lipinski definition) is 35. The molecule has 0 aromatic carbocycles. The summed E-state index contributed by atoms with van der Waals surface area (Å²) in [5, 5.41) is 26.0. The maximum absolute atomic E-state index is 14.0. The molecule has 4 rings (SSSR count). The van der Waals surface area contributed by atoms with Gasteiger partial charge in [-0.15, -0.1) is 0 Å². The molecule has 800 valence electrons. The number of ether oxygens (including phenoxy) is 15. The van der Waals surface area contributed by atoms with Gasteiger partial charge in [0.05, 0.1) is 0 Å². The molecule has 4 aliphatic heterocycles. The Morgan fingerprint density at radius 3 is 0.865 bits per heavy atom. The Bertz CT molecular complexity index is 3870. The van der Waals surface area contributed by atoms with Crippen LogP contribution in [0.4, 0.5) is 0 Å². The van der Waals surface area contributed by atoms with Crippen LogP contribution in [0.1, 0.15) is 290 Å². The van der Waals surface area contributed by atoms with Crippen LogP contribution in [-0.4, -0.2) is 307 Å². The number of carbonyl (C=O) groups excluding carboxylic acids is 20. The van der Waals surface area contributed by atoms with Crippen LogP contribution in [0.5, 0.6) is 0 Å². The first-order chi connectivity index (χ1) is 66.9. The number of esters is 9. The molecular formula is C96H156N10O35. The van der Waals surface area contributed by atoms with E-state index in [2.05, 4.69) is 47.9 Å². The lowest BCUT2D eigenvalue weighted by molar-refractivity contribution is -0.277. The standard InChI is InChI=1S/C96H156N10O35/c1-59(2)73(119)33-19-15-26-47-100-82(125)40-43-96(57-101-80(123)34-20-16-27-44-97-77(120)36-23-30-50-127-93-84(103-60(3)107)90(136-69(12)116)87(133-66(9)113)74(139-93)54-130-63(6)110,58-102-81(124)35-21-17-28-45-98-78(121)37-24-31-51-128-94-85(104-61(4)108)91(137-70(13)117)88(134-67(10)114)75(140-94)55-131-64(7)111)53-72-41-48-106(49-42-72)83(126)39-22-18-29-46-99-79(122)38-25-32-52-129-95-86(105-62(5)109)92(138-71(14)118)89(135-68(11)115)76(141-95)56-132-65(8)112/h59,72,74-76,84-95H,15-58H2,1-14H3,(H,97,120)(H,98,121)(H,99,122)(H,100,125)(H,101,123)(H,102,124)(H,103,107)(H,104,108)(H,105,109). The first-order valence-corrected chi connectivity index (χ1v) is 49.4. The minimum Gasteiger partial charge on any atom is -0.463 e. The van der Waals surface area contributed by atoms with Gasteiger partial charge in [-0.3, -0.25) is 95.9 Å². The molecule has 0 aliphatic carbocycles. The molecule has 0 bridgehead atoms. The molecule has 0 aromatic rings. The predicted molar refractivity (Wildman–Crippen MR) is 499 cm³/mol. The molecule has 0 saturated carbocycles. The molecule has 4 fully saturated rings. The zero-order chi connectivity index (χ0) is 105. The van der Waals surface area contributed by atoms with Gasteiger partial charge in [0, 0.05) is 218 Å². The van der Waals surface area contributed by atoms with Gasteiger partial charge in [-0.05, 0) is 121 Å². The second kappa shape index (κ2) is 67.8. The molecule has 0 radical (unpaired) electrons. The summed E-state index contributed by atoms with van der Waals surface area (Å²) in [7, 11) is 0. The van der Waals surface area contributed by atoms with Crippen LogP contribution in [0.3, 0.4) is 0 Å². The van der Waals surface area contributed by atoms with Crippen LogP contribution in [0.2, 0.25) is 0 Å². The van der Waals surface area contributed by atoms with Crippen molar-refractivity contribution in [2.45, 2.75) is 381 Å². The molecule has 10 amide bonds. The number of ketones is 1. The van der Waals surface area contributed by atoms with Gasteiger partial charge in [-0.25, -0.2) is 0 Å². The number of unbranched alkanes of at least 4 members (excludes halogenated alkanes) is 11. The van der Waals surface area contributed by atoms with Gasteiger partial charge in [0.25, 0.3) is 0 Å². The number of nitrogens with one attached hydrogen (secondary N) is 9. The van der Waals surface area contributed by atoms with Crippen LogP contribution >= 0.6 is 0 Å². The number of likely N-dealkylation sites (tertiary alicyclic amines) is 1. The van der Waals surface area contributed by atoms with E-state index in [1.165, 1.54) is 41.5 Å². The van der Waals surface area contributed by atoms with Crippen LogP contribution in [0, 0.1) is 17.3 Å². The molecule has 0 aromatic heterocycles. The van der Waals surface area contributed by atoms with E-state index in [9.17, 15) is 95.9 Å². The molecular weight excluding hydrogens is 1850 g/mol. The Morgan fingerprint density at radius 2 is 0.582 bits per heavy atom. The summed E-state index contributed by atoms with van der Waals surface area (Å²) in [6, 6.07) is -3.46. The third-order valence-corrected chi connectivity index (χ3v) is 23.6. The first kappa shape index (κ1) is 123. The van der Waals surface area contributed by atoms with E-state index >= 15 is 0 Å². The van der Waals surface area contributed by atoms with E-state index in [1.807, 2.05) is 18.7 Å². The average molecular weight is 2010 g/mol. The number of carbonyl (C=O) groups is 20. The molecule has 141 heavy (non-hydrogen) atoms. The molecule has 15 unspecified atom stereocenters. The molecule has 45 nitrogen and oxygen atoms in total. The second-order valence-corrected chi connectivity index (χ2v) is 36.5. The maximum atomic E-state index is 14.0. The minimum atomic E-state index is -1.30. The van der Waals surface area contributed by atoms with Crippen LogP contribution in [-0.2, 0) is 167 Å². The van der Waals surface area contributed by atoms with Crippen molar-refractivity contribution in [1.29, 1.82) is 0 Å². The molecule has 4 heterocycles. The molecule has 4 aliphatic rings. The number of Topliss-reactive ketones (excluding diaryl/α,β-unsaturated/α-hetero) is 1. The van der Waals surface area contributed by atoms with Gasteiger partial charge in [-0.1, -0.05) is 39.5 Å². The highest BCUT2D eigenvalue weighted by Gasteiger charge is 2.55. The van der Waals surface area contributed by atoms with E-state index < -0.39 is 189 Å². The van der Waals surface area contributed by atoms with Gasteiger partial charge in [0.2, 0.25) is 59.1 Å². The second-order valence-electron chi connectivity index (χ2n) is 36.5. The van der Waals surface area contributed by atoms with Crippen molar-refractivity contribution in [3.05, 3.63) is 0 Å². The molecule has 15 atom stereocenters. The van der Waals surface area contributed by atoms with Crippen molar-refractivity contribution in [1.82, 2.24) is 52.8 Å². The lowest BCUT2D eigenvalue weighted by atomic mass is 9.72. The number of nitrogens with zero attached hydrogens (tertiary/aromatic N) is 1. The summed E-state index contributed by atoms with van der Waals surface area (Å²) < 4.78 is 84.7. The summed E-state index contributed by atoms with van der Waals surface area (Å²) >= 11 is 0. The fourth-order valence-corrected chi connectivity index (χ4v) is 16.7. The third kappa shape index (κ3) is 51.8. The van der Waals surface area contributed by atoms with Gasteiger partial charge in [0.15, 0.2) is 55.5 Å². The first-order valence-electron chi connectivity index (χ1n) is 49.4. The Balaban J connectivity index is 1.39. The largest absolute Gasteiger partial charge is 0.463 e. The Hall–Kier alpha value is -10.6. The number of hydrogen-bond donors (Lipinski definition) is 9. The Kier molecular flexibility index (Phi) is 58.9. The fraction of sp³-hybridized carbons (Fsp3) is 0.792. The van der Waals surface area contributed by atoms with Crippen molar-refractivity contribution >= 4 is 119 Å². The van der Waals surface area contributed by atoms with Crippen molar-refractivity contribution in [3.8, 4) is 0 Å². The third-order valence-electron chi connectivity index (χ3n) is 23.6. The zero-order valence-corrected chi connectivity index (χ0v) is 84.7. The van der Waals surface area contributed by atoms with Gasteiger partial charge in [0.1, 0.15) is 62.0 Å². The highest BCUT2D eigenvalue weighted by atomic mass is 16.7. The van der Waals surface area contributed by atoms with E-state index in [1.54, 1.807) is 0 Å². The van der Waals surface area contributed by atoms with E-state index in [0.29, 0.717) is 174 Å². The summed E-state index contributed by atoms with van der Waals surface area (Å²) in [5.74, 6) is -9.52. The van der Waals surface area contributed by atoms with Gasteiger partial charge >= 0.3 is 53.7 Å². The smallest absolute Gasteiger partial charge is 0.303 e. The van der Waals surface area contributed by atoms with Gasteiger partial charge in [-0.2, -0.15) is 0 Å². The normalized spacial score (nSPS) is 22.0. The summed E-state index contributed by atoms with van der Waals surface area (Å²) in [6.07, 6.45) is -2.53. The van der Waals surface area contributed by atoms with Crippen LogP contribution < -0.4 is 47.9 Å². The van der Waals surface area contributed by atoms with Crippen LogP contribution in [0.15, 0.2) is 0 Å². The Morgan fingerprint density at radius 1 is 0.312 bits per heavy atom. The lowest BCUT2D eigenvalue weighted by Crippen LogP contribution is -2.66. The topological polar surface area (TPSA) is 591 Å². The van der Waals surface area contributed by atoms with Crippen molar-refractivity contribution < 1.29 is 167 Å². The van der Waals surface area contributed by atoms with Crippen LogP contribution in [0.25, 0.3) is 0 Å². The Labute approximate surface area is 825 Å². The monoisotopic (exact) mass is 2010 g/mol. The zero-order valence-electron chi connectivity index (χ0n) is 84.7. The van der Waals surface area contributed by atoms with E-state index in [0.717, 1.165) is 48.0 Å². The summed E-state index contributed by atoms with van der Waals surface area (Å²) in [5.41, 5.74) is -0.869. The number of amides is 10.